The summed E-state index contributed by atoms with van der Waals surface area (Å²) >= 11 is 1.51. The van der Waals surface area contributed by atoms with Crippen LogP contribution in [0.5, 0.6) is 0 Å². The Balaban J connectivity index is 0.000000152. The van der Waals surface area contributed by atoms with E-state index in [2.05, 4.69) is 38.6 Å². The lowest BCUT2D eigenvalue weighted by molar-refractivity contribution is 0.451. The Kier molecular flexibility index (Phi) is 10.8. The number of hydrogen-bond donors (Lipinski definition) is 0. The lowest BCUT2D eigenvalue weighted by Crippen LogP contribution is -2.13. The summed E-state index contributed by atoms with van der Waals surface area (Å²) in [5.41, 5.74) is 6.57. The van der Waals surface area contributed by atoms with E-state index in [1.807, 2.05) is 35.6 Å². The molecule has 0 saturated carbocycles. The Labute approximate surface area is 345 Å². The van der Waals surface area contributed by atoms with E-state index in [0.29, 0.717) is 10.9 Å². The Bertz CT molecular complexity index is 2730. The van der Waals surface area contributed by atoms with Crippen molar-refractivity contribution >= 4 is 22.6 Å². The van der Waals surface area contributed by atoms with Crippen LogP contribution in [-0.2, 0) is 36.7 Å². The number of nitrogens with zero attached hydrogens (tertiary/aromatic N) is 12. The highest BCUT2D eigenvalue weighted by atomic mass is 32.2. The molecule has 298 valence electrons. The van der Waals surface area contributed by atoms with E-state index >= 15 is 0 Å². The summed E-state index contributed by atoms with van der Waals surface area (Å²) in [5, 5.41) is 0.990. The van der Waals surface area contributed by atoms with Gasteiger partial charge in [0.2, 0.25) is 5.16 Å². The third-order valence-corrected chi connectivity index (χ3v) is 11.8. The summed E-state index contributed by atoms with van der Waals surface area (Å²) in [7, 11) is -1.30. The number of aromatic nitrogens is 12. The van der Waals surface area contributed by atoms with Crippen molar-refractivity contribution in [2.45, 2.75) is 61.2 Å². The molecule has 2 aliphatic rings. The number of benzene rings is 2. The molecule has 0 spiro atoms. The maximum Gasteiger partial charge on any atom is 0.218 e. The number of halogens is 2. The second-order valence-electron chi connectivity index (χ2n) is 14.2. The van der Waals surface area contributed by atoms with Crippen molar-refractivity contribution in [1.29, 1.82) is 0 Å². The summed E-state index contributed by atoms with van der Waals surface area (Å²) in [6.07, 6.45) is 21.7. The molecule has 10 rings (SSSR count). The molecule has 59 heavy (non-hydrogen) atoms. The first kappa shape index (κ1) is 38.3. The number of imidazole rings is 4. The fourth-order valence-corrected chi connectivity index (χ4v) is 8.65. The first-order chi connectivity index (χ1) is 28.8. The first-order valence-corrected chi connectivity index (χ1v) is 21.8. The number of rotatable bonds is 10. The van der Waals surface area contributed by atoms with E-state index in [4.69, 9.17) is 15.0 Å². The smallest absolute Gasteiger partial charge is 0.218 e. The van der Waals surface area contributed by atoms with Crippen LogP contribution >= 0.6 is 11.8 Å². The van der Waals surface area contributed by atoms with Gasteiger partial charge in [-0.1, -0.05) is 11.8 Å². The van der Waals surface area contributed by atoms with Gasteiger partial charge in [0.1, 0.15) is 23.3 Å². The highest BCUT2D eigenvalue weighted by Crippen LogP contribution is 2.41. The van der Waals surface area contributed by atoms with Gasteiger partial charge in [0.25, 0.3) is 0 Å². The molecule has 0 bridgehead atoms. The molecule has 1 unspecified atom stereocenters. The number of hydrogen-bond acceptors (Lipinski definition) is 10. The van der Waals surface area contributed by atoms with Gasteiger partial charge in [0.15, 0.2) is 5.16 Å². The fourth-order valence-electron chi connectivity index (χ4n) is 7.86. The van der Waals surface area contributed by atoms with Crippen LogP contribution in [0.15, 0.2) is 121 Å². The van der Waals surface area contributed by atoms with Crippen LogP contribution in [0.1, 0.15) is 36.6 Å². The molecule has 0 fully saturated rings. The van der Waals surface area contributed by atoms with E-state index in [-0.39, 0.29) is 28.9 Å². The van der Waals surface area contributed by atoms with Gasteiger partial charge in [-0.25, -0.2) is 48.7 Å². The molecule has 0 N–H and O–H groups in total. The first-order valence-electron chi connectivity index (χ1n) is 19.0. The molecule has 0 radical (unpaired) electrons. The van der Waals surface area contributed by atoms with Crippen molar-refractivity contribution < 1.29 is 13.0 Å². The average molecular weight is 829 g/mol. The highest BCUT2D eigenvalue weighted by Gasteiger charge is 2.32. The largest absolute Gasteiger partial charge is 0.335 e. The van der Waals surface area contributed by atoms with Gasteiger partial charge >= 0.3 is 0 Å². The summed E-state index contributed by atoms with van der Waals surface area (Å²) in [5.74, 6) is 1.45. The summed E-state index contributed by atoms with van der Waals surface area (Å²) in [4.78, 5) is 35.9. The van der Waals surface area contributed by atoms with Gasteiger partial charge in [-0.2, -0.15) is 0 Å². The van der Waals surface area contributed by atoms with Crippen molar-refractivity contribution in [2.24, 2.45) is 0 Å². The summed E-state index contributed by atoms with van der Waals surface area (Å²) < 4.78 is 47.6. The lowest BCUT2D eigenvalue weighted by atomic mass is 10.1. The lowest BCUT2D eigenvalue weighted by Gasteiger charge is -2.18. The highest BCUT2D eigenvalue weighted by molar-refractivity contribution is 7.98. The minimum atomic E-state index is -1.30. The van der Waals surface area contributed by atoms with E-state index in [1.165, 1.54) is 36.0 Å². The van der Waals surface area contributed by atoms with Gasteiger partial charge in [0.05, 0.1) is 69.7 Å². The number of thioether (sulfide) groups is 1. The molecule has 6 aromatic heterocycles. The molecule has 8 heterocycles. The molecule has 17 heteroatoms. The van der Waals surface area contributed by atoms with E-state index < -0.39 is 10.8 Å². The van der Waals surface area contributed by atoms with Crippen LogP contribution in [0.4, 0.5) is 8.78 Å². The van der Waals surface area contributed by atoms with Crippen LogP contribution in [-0.4, -0.2) is 74.9 Å². The second-order valence-corrected chi connectivity index (χ2v) is 16.3. The fraction of sp³-hybridized carbons (Fsp3) is 0.238. The molecule has 2 aromatic carbocycles. The monoisotopic (exact) mass is 828 g/mol. The Hall–Kier alpha value is -6.20. The topological polar surface area (TPSA) is 140 Å². The minimum absolute atomic E-state index is 0.177. The molecule has 0 aliphatic carbocycles. The predicted molar refractivity (Wildman–Crippen MR) is 221 cm³/mol. The van der Waals surface area contributed by atoms with E-state index in [0.717, 1.165) is 90.0 Å². The molecule has 0 amide bonds. The zero-order chi connectivity index (χ0) is 40.5. The van der Waals surface area contributed by atoms with Crippen molar-refractivity contribution in [1.82, 2.24) is 58.1 Å². The van der Waals surface area contributed by atoms with Gasteiger partial charge in [-0.15, -0.1) is 0 Å². The third-order valence-electron chi connectivity index (χ3n) is 10.5. The van der Waals surface area contributed by atoms with Gasteiger partial charge in [-0.05, 0) is 79.8 Å². The SMILES string of the molecule is CS(=O)c1nccc(-c2c(-c3ccc(F)cc3)nc3n2[C@H](Cn2ccnc2)CC3)n1.CSc1nccc(-c2c(-c3ccc(F)cc3)nc3n2[C@H](Cn2ccnc2)CC3)n1. The van der Waals surface area contributed by atoms with Crippen LogP contribution in [0, 0.1) is 11.6 Å². The zero-order valence-corrected chi connectivity index (χ0v) is 33.8. The predicted octanol–water partition coefficient (Wildman–Crippen LogP) is 7.52. The van der Waals surface area contributed by atoms with Crippen LogP contribution in [0.25, 0.3) is 45.3 Å². The molecule has 3 atom stereocenters. The van der Waals surface area contributed by atoms with Crippen LogP contribution in [0.3, 0.4) is 0 Å². The van der Waals surface area contributed by atoms with Gasteiger partial charge in [-0.3, -0.25) is 4.21 Å². The van der Waals surface area contributed by atoms with Crippen LogP contribution < -0.4 is 0 Å². The van der Waals surface area contributed by atoms with Gasteiger partial charge in [0, 0.05) is 80.5 Å². The Morgan fingerprint density at radius 3 is 1.61 bits per heavy atom. The molecular weight excluding hydrogens is 791 g/mol. The average Bonchev–Trinajstić information content (AvgIpc) is 4.12. The Morgan fingerprint density at radius 1 is 0.661 bits per heavy atom. The van der Waals surface area contributed by atoms with Gasteiger partial charge < -0.3 is 18.3 Å². The maximum atomic E-state index is 13.5. The number of fused-ring (bicyclic) bond motifs is 2. The molecular formula is C42H38F2N12OS2. The molecule has 0 saturated heterocycles. The van der Waals surface area contributed by atoms with E-state index in [9.17, 15) is 13.0 Å². The Morgan fingerprint density at radius 2 is 1.15 bits per heavy atom. The maximum absolute atomic E-state index is 13.5. The quantitative estimate of drug-likeness (QED) is 0.100. The molecule has 2 aliphatic heterocycles. The van der Waals surface area contributed by atoms with Crippen LogP contribution in [0.2, 0.25) is 0 Å². The standard InChI is InChI=1S/C21H19FN6OS.C21H19FN6S/c1-30(29)21-24-9-8-17(25-21)20-19(14-2-4-15(22)5-3-14)26-18-7-6-16(28(18)20)12-27-11-10-23-13-27;1-29-21-24-9-8-17(25-21)20-19(14-2-4-15(22)5-3-14)26-18-7-6-16(28(18)20)12-27-11-10-23-13-27/h2-5,8-11,13,16H,6-7,12H2,1H3;2-5,8-11,13,16H,6-7,12H2,1H3/t16-,30?;16-/m00/s1. The minimum Gasteiger partial charge on any atom is -0.335 e. The molecule has 13 nitrogen and oxygen atoms in total. The summed E-state index contributed by atoms with van der Waals surface area (Å²) in [6, 6.07) is 17.0. The number of aryl methyl sites for hydroxylation is 2. The van der Waals surface area contributed by atoms with Crippen molar-refractivity contribution in [3.8, 4) is 45.3 Å². The van der Waals surface area contributed by atoms with Crippen molar-refractivity contribution in [2.75, 3.05) is 12.5 Å². The summed E-state index contributed by atoms with van der Waals surface area (Å²) in [6.45, 7) is 1.58. The zero-order valence-electron chi connectivity index (χ0n) is 32.1. The second kappa shape index (κ2) is 16.6. The van der Waals surface area contributed by atoms with E-state index in [1.54, 1.807) is 67.7 Å². The van der Waals surface area contributed by atoms with Crippen molar-refractivity contribution in [3.05, 3.63) is 134 Å². The van der Waals surface area contributed by atoms with Crippen molar-refractivity contribution in [3.63, 3.8) is 0 Å². The molecule has 8 aromatic rings. The third kappa shape index (κ3) is 7.87. The normalized spacial score (nSPS) is 16.1.